The largest absolute Gasteiger partial charge is 0.489 e. The third-order valence-electron chi connectivity index (χ3n) is 5.34. The van der Waals surface area contributed by atoms with E-state index in [2.05, 4.69) is 32.7 Å². The number of methoxy groups -OCH3 is 1. The van der Waals surface area contributed by atoms with Crippen LogP contribution < -0.4 is 25.5 Å². The lowest BCUT2D eigenvalue weighted by molar-refractivity contribution is 0.238. The number of likely N-dealkylation sites (N-methyl/N-ethyl adjacent to an activating group) is 1. The van der Waals surface area contributed by atoms with Crippen molar-refractivity contribution in [3.8, 4) is 17.1 Å². The molecule has 2 N–H and O–H groups in total. The summed E-state index contributed by atoms with van der Waals surface area (Å²) in [6.07, 6.45) is 4.62. The van der Waals surface area contributed by atoms with Crippen molar-refractivity contribution in [2.45, 2.75) is 6.42 Å². The number of nitrogens with one attached hydrogen (secondary N) is 1. The minimum Gasteiger partial charge on any atom is -0.489 e. The minimum absolute atomic E-state index is 0.203. The number of fused-ring (bicyclic) bond motifs is 1. The maximum absolute atomic E-state index is 9.55. The maximum atomic E-state index is 9.55. The van der Waals surface area contributed by atoms with E-state index in [1.165, 1.54) is 0 Å². The van der Waals surface area contributed by atoms with Gasteiger partial charge in [0.25, 0.3) is 0 Å². The minimum atomic E-state index is 0.203. The van der Waals surface area contributed by atoms with Crippen molar-refractivity contribution in [2.75, 3.05) is 51.9 Å². The molecule has 156 valence electrons. The molecule has 0 saturated carbocycles. The fourth-order valence-corrected chi connectivity index (χ4v) is 3.65. The zero-order chi connectivity index (χ0) is 20.9. The molecule has 7 nitrogen and oxygen atoms in total. The number of aliphatic hydroxyl groups is 1. The first kappa shape index (κ1) is 20.2. The van der Waals surface area contributed by atoms with Gasteiger partial charge < -0.3 is 24.8 Å². The zero-order valence-corrected chi connectivity index (χ0v) is 17.3. The van der Waals surface area contributed by atoms with Gasteiger partial charge in [0.1, 0.15) is 6.61 Å². The average Bonchev–Trinajstić information content (AvgIpc) is 3.28. The monoisotopic (exact) mass is 406 g/mol. The molecule has 0 aromatic carbocycles. The average molecular weight is 406 g/mol. The Morgan fingerprint density at radius 2 is 2.23 bits per heavy atom. The van der Waals surface area contributed by atoms with E-state index in [1.807, 2.05) is 25.3 Å². The molecule has 1 aliphatic carbocycles. The highest BCUT2D eigenvalue weighted by Gasteiger charge is 2.24. The molecule has 2 aromatic rings. The summed E-state index contributed by atoms with van der Waals surface area (Å²) in [5.74, 6) is 1.47. The number of allylic oxidation sites excluding steroid dienone is 1. The van der Waals surface area contributed by atoms with Gasteiger partial charge >= 0.3 is 0 Å². The van der Waals surface area contributed by atoms with Gasteiger partial charge in [-0.3, -0.25) is 0 Å². The second-order valence-corrected chi connectivity index (χ2v) is 7.37. The quantitative estimate of drug-likeness (QED) is 0.486. The standard InChI is InChI=1S/C23H26N4O3/c1-24-8-10-30-23-6-3-17(13-25-23)20-12-22(27-9-7-16(14-27)15-28)19-5-4-18(29-2)11-21(19)26-20/h3,6,11-13,16,24,28H,7-10,14-15H2,1-2H3. The maximum Gasteiger partial charge on any atom is 0.213 e. The van der Waals surface area contributed by atoms with Gasteiger partial charge in [-0.15, -0.1) is 0 Å². The number of pyridine rings is 2. The van der Waals surface area contributed by atoms with Gasteiger partial charge in [0, 0.05) is 56.1 Å². The Bertz CT molecular complexity index is 1100. The molecule has 1 saturated heterocycles. The van der Waals surface area contributed by atoms with Crippen LogP contribution in [0.1, 0.15) is 6.42 Å². The van der Waals surface area contributed by atoms with Crippen LogP contribution in [0.25, 0.3) is 23.1 Å². The van der Waals surface area contributed by atoms with Crippen molar-refractivity contribution in [1.82, 2.24) is 15.3 Å². The number of aliphatic hydroxyl groups excluding tert-OH is 1. The van der Waals surface area contributed by atoms with Gasteiger partial charge in [0.2, 0.25) is 5.88 Å². The smallest absolute Gasteiger partial charge is 0.213 e. The molecule has 2 aromatic heterocycles. The first-order valence-corrected chi connectivity index (χ1v) is 10.1. The van der Waals surface area contributed by atoms with Crippen molar-refractivity contribution in [2.24, 2.45) is 5.92 Å². The van der Waals surface area contributed by atoms with E-state index in [4.69, 9.17) is 14.5 Å². The van der Waals surface area contributed by atoms with Crippen molar-refractivity contribution < 1.29 is 14.6 Å². The molecule has 1 atom stereocenters. The van der Waals surface area contributed by atoms with Crippen molar-refractivity contribution in [3.63, 3.8) is 0 Å². The van der Waals surface area contributed by atoms with E-state index in [1.54, 1.807) is 13.3 Å². The number of rotatable bonds is 8. The van der Waals surface area contributed by atoms with Crippen molar-refractivity contribution in [1.29, 1.82) is 0 Å². The van der Waals surface area contributed by atoms with Crippen LogP contribution >= 0.6 is 0 Å². The molecule has 0 spiro atoms. The predicted molar refractivity (Wildman–Crippen MR) is 115 cm³/mol. The molecule has 4 rings (SSSR count). The highest BCUT2D eigenvalue weighted by atomic mass is 16.5. The van der Waals surface area contributed by atoms with E-state index < -0.39 is 0 Å². The van der Waals surface area contributed by atoms with Crippen LogP contribution in [0.3, 0.4) is 0 Å². The molecule has 3 heterocycles. The summed E-state index contributed by atoms with van der Waals surface area (Å²) < 4.78 is 10.9. The molecule has 1 unspecified atom stereocenters. The summed E-state index contributed by atoms with van der Waals surface area (Å²) in [5.41, 5.74) is 9.02. The van der Waals surface area contributed by atoms with Crippen LogP contribution in [0.5, 0.6) is 5.88 Å². The number of hydrogen-bond donors (Lipinski definition) is 2. The Morgan fingerprint density at radius 1 is 1.33 bits per heavy atom. The van der Waals surface area contributed by atoms with Crippen LogP contribution in [0.2, 0.25) is 0 Å². The van der Waals surface area contributed by atoms with Crippen LogP contribution in [-0.4, -0.2) is 62.1 Å². The second kappa shape index (κ2) is 9.16. The summed E-state index contributed by atoms with van der Waals surface area (Å²) >= 11 is 0. The third kappa shape index (κ3) is 4.25. The third-order valence-corrected chi connectivity index (χ3v) is 5.34. The Labute approximate surface area is 175 Å². The van der Waals surface area contributed by atoms with Crippen LogP contribution in [0, 0.1) is 5.92 Å². The topological polar surface area (TPSA) is 79.7 Å². The highest BCUT2D eigenvalue weighted by Crippen LogP contribution is 2.24. The van der Waals surface area contributed by atoms with Crippen molar-refractivity contribution in [3.05, 3.63) is 46.5 Å². The molecule has 0 amide bonds. The van der Waals surface area contributed by atoms with Crippen molar-refractivity contribution >= 4 is 17.5 Å². The number of nitrogens with zero attached hydrogens (tertiary/aromatic N) is 3. The number of aromatic nitrogens is 2. The van der Waals surface area contributed by atoms with Crippen LogP contribution in [-0.2, 0) is 4.74 Å². The van der Waals surface area contributed by atoms with E-state index >= 15 is 0 Å². The molecule has 1 fully saturated rings. The Hall–Kier alpha value is -3.08. The van der Waals surface area contributed by atoms with Gasteiger partial charge in [-0.2, -0.15) is 0 Å². The number of ether oxygens (including phenoxy) is 2. The first-order valence-electron chi connectivity index (χ1n) is 10.1. The Morgan fingerprint density at radius 3 is 2.93 bits per heavy atom. The molecule has 0 radical (unpaired) electrons. The van der Waals surface area contributed by atoms with Gasteiger partial charge in [-0.1, -0.05) is 5.73 Å². The Balaban J connectivity index is 1.73. The lowest BCUT2D eigenvalue weighted by atomic mass is 10.1. The fraction of sp³-hybridized carbons (Fsp3) is 0.391. The lowest BCUT2D eigenvalue weighted by Gasteiger charge is -2.20. The van der Waals surface area contributed by atoms with E-state index in [0.29, 0.717) is 18.2 Å². The molecular formula is C23H26N4O3. The summed E-state index contributed by atoms with van der Waals surface area (Å²) in [6, 6.07) is 5.90. The molecule has 1 aliphatic heterocycles. The van der Waals surface area contributed by atoms with E-state index in [9.17, 15) is 5.11 Å². The van der Waals surface area contributed by atoms with Crippen LogP contribution in [0.15, 0.2) is 35.9 Å². The Kier molecular flexibility index (Phi) is 6.17. The zero-order valence-electron chi connectivity index (χ0n) is 17.3. The number of anilines is 1. The molecule has 7 heteroatoms. The molecule has 0 bridgehead atoms. The van der Waals surface area contributed by atoms with Gasteiger partial charge in [-0.25, -0.2) is 9.97 Å². The van der Waals surface area contributed by atoms with Gasteiger partial charge in [0.05, 0.1) is 29.1 Å². The summed E-state index contributed by atoms with van der Waals surface area (Å²) in [5, 5.41) is 14.3. The predicted octanol–water partition coefficient (Wildman–Crippen LogP) is 0.419. The normalized spacial score (nSPS) is 17.1. The number of hydrogen-bond acceptors (Lipinski definition) is 7. The summed E-state index contributed by atoms with van der Waals surface area (Å²) in [6.45, 7) is 3.23. The lowest BCUT2D eigenvalue weighted by Crippen LogP contribution is -2.36. The first-order chi connectivity index (χ1) is 14.7. The highest BCUT2D eigenvalue weighted by molar-refractivity contribution is 5.67. The molecule has 30 heavy (non-hydrogen) atoms. The van der Waals surface area contributed by atoms with Crippen LogP contribution in [0.4, 0.5) is 5.69 Å². The second-order valence-electron chi connectivity index (χ2n) is 7.37. The summed E-state index contributed by atoms with van der Waals surface area (Å²) in [4.78, 5) is 11.5. The fourth-order valence-electron chi connectivity index (χ4n) is 3.65. The molecular weight excluding hydrogens is 380 g/mol. The van der Waals surface area contributed by atoms with Gasteiger partial charge in [0.15, 0.2) is 5.76 Å². The van der Waals surface area contributed by atoms with E-state index in [-0.39, 0.29) is 12.5 Å². The summed E-state index contributed by atoms with van der Waals surface area (Å²) in [7, 11) is 3.50. The van der Waals surface area contributed by atoms with E-state index in [0.717, 1.165) is 53.6 Å². The SMILES string of the molecule is CNCCOc1ccc(-c2cc(N3CCC(CO)C3)c3c(n2)=CC(OC)=C=C=3)cn1. The van der Waals surface area contributed by atoms with Gasteiger partial charge in [-0.05, 0) is 31.3 Å². The molecule has 2 aliphatic rings.